The normalized spacial score (nSPS) is 13.1. The van der Waals surface area contributed by atoms with E-state index in [1.165, 1.54) is 0 Å². The van der Waals surface area contributed by atoms with Crippen molar-refractivity contribution < 1.29 is 14.3 Å². The zero-order chi connectivity index (χ0) is 11.4. The van der Waals surface area contributed by atoms with Gasteiger partial charge in [-0.1, -0.05) is 13.8 Å². The summed E-state index contributed by atoms with van der Waals surface area (Å²) in [5.41, 5.74) is 0. The van der Waals surface area contributed by atoms with Crippen LogP contribution >= 0.6 is 0 Å². The first-order valence-electron chi connectivity index (χ1n) is 5.27. The highest BCUT2D eigenvalue weighted by molar-refractivity contribution is 5.70. The first-order valence-corrected chi connectivity index (χ1v) is 5.27. The van der Waals surface area contributed by atoms with Gasteiger partial charge in [-0.25, -0.2) is 0 Å². The van der Waals surface area contributed by atoms with Crippen LogP contribution < -0.4 is 0 Å². The summed E-state index contributed by atoms with van der Waals surface area (Å²) in [6.45, 7) is 5.92. The number of carbonyl (C=O) groups is 1. The predicted octanol–water partition coefficient (Wildman–Crippen LogP) is 2.88. The van der Waals surface area contributed by atoms with Crippen molar-refractivity contribution in [1.29, 1.82) is 0 Å². The van der Waals surface area contributed by atoms with Crippen molar-refractivity contribution in [2.24, 2.45) is 11.8 Å². The van der Waals surface area contributed by atoms with Crippen molar-refractivity contribution in [2.75, 3.05) is 0 Å². The summed E-state index contributed by atoms with van der Waals surface area (Å²) in [6.07, 6.45) is 1.18. The van der Waals surface area contributed by atoms with Crippen molar-refractivity contribution in [2.45, 2.75) is 33.6 Å². The molecule has 0 aromatic carbocycles. The number of aliphatic carboxylic acids is 1. The lowest BCUT2D eigenvalue weighted by Crippen LogP contribution is -2.18. The third kappa shape index (κ3) is 3.78. The van der Waals surface area contributed by atoms with Crippen molar-refractivity contribution in [1.82, 2.24) is 0 Å². The Morgan fingerprint density at radius 2 is 2.13 bits per heavy atom. The van der Waals surface area contributed by atoms with Crippen LogP contribution in [-0.4, -0.2) is 11.1 Å². The van der Waals surface area contributed by atoms with E-state index < -0.39 is 5.97 Å². The minimum atomic E-state index is -0.738. The maximum atomic E-state index is 11.0. The van der Waals surface area contributed by atoms with E-state index in [1.807, 2.05) is 32.9 Å². The van der Waals surface area contributed by atoms with Crippen molar-refractivity contribution in [3.05, 3.63) is 23.7 Å². The molecule has 1 aromatic rings. The Labute approximate surface area is 90.1 Å². The highest BCUT2D eigenvalue weighted by Gasteiger charge is 2.20. The molecule has 0 bridgehead atoms. The number of carboxylic acids is 1. The zero-order valence-corrected chi connectivity index (χ0v) is 9.49. The minimum Gasteiger partial charge on any atom is -0.481 e. The van der Waals surface area contributed by atoms with E-state index >= 15 is 0 Å². The van der Waals surface area contributed by atoms with Crippen LogP contribution in [0.4, 0.5) is 0 Å². The van der Waals surface area contributed by atoms with E-state index in [1.54, 1.807) is 0 Å². The summed E-state index contributed by atoms with van der Waals surface area (Å²) < 4.78 is 5.38. The van der Waals surface area contributed by atoms with Crippen LogP contribution in [0.5, 0.6) is 0 Å². The number of aryl methyl sites for hydroxylation is 1. The molecule has 0 radical (unpaired) electrons. The van der Waals surface area contributed by atoms with Crippen LogP contribution in [0, 0.1) is 18.8 Å². The van der Waals surface area contributed by atoms with Crippen molar-refractivity contribution in [3.63, 3.8) is 0 Å². The third-order valence-corrected chi connectivity index (χ3v) is 2.35. The molecule has 3 heteroatoms. The molecule has 0 aliphatic heterocycles. The van der Waals surface area contributed by atoms with Gasteiger partial charge in [-0.3, -0.25) is 4.79 Å². The Bertz CT molecular complexity index is 325. The predicted molar refractivity (Wildman–Crippen MR) is 57.7 cm³/mol. The van der Waals surface area contributed by atoms with E-state index in [4.69, 9.17) is 9.52 Å². The fourth-order valence-electron chi connectivity index (χ4n) is 1.68. The number of rotatable bonds is 5. The number of hydrogen-bond donors (Lipinski definition) is 1. The van der Waals surface area contributed by atoms with E-state index in [2.05, 4.69) is 0 Å². The molecule has 1 rings (SSSR count). The lowest BCUT2D eigenvalue weighted by Gasteiger charge is -2.12. The standard InChI is InChI=1S/C12H18O3/c1-8(2)6-10(12(13)14)7-11-5-4-9(3)15-11/h4-5,8,10H,6-7H2,1-3H3,(H,13,14). The molecule has 3 nitrogen and oxygen atoms in total. The first kappa shape index (κ1) is 11.8. The first-order chi connectivity index (χ1) is 6.99. The molecule has 84 valence electrons. The van der Waals surface area contributed by atoms with E-state index in [-0.39, 0.29) is 5.92 Å². The molecule has 0 spiro atoms. The highest BCUT2D eigenvalue weighted by atomic mass is 16.4. The Morgan fingerprint density at radius 1 is 1.47 bits per heavy atom. The Balaban J connectivity index is 2.62. The second-order valence-electron chi connectivity index (χ2n) is 4.38. The van der Waals surface area contributed by atoms with Gasteiger partial charge in [0, 0.05) is 6.42 Å². The number of carboxylic acid groups (broad SMARTS) is 1. The molecule has 0 aliphatic carbocycles. The molecular formula is C12H18O3. The van der Waals surface area contributed by atoms with Crippen LogP contribution in [0.2, 0.25) is 0 Å². The quantitative estimate of drug-likeness (QED) is 0.813. The van der Waals surface area contributed by atoms with Gasteiger partial charge < -0.3 is 9.52 Å². The van der Waals surface area contributed by atoms with Crippen LogP contribution in [0.3, 0.4) is 0 Å². The molecule has 0 saturated heterocycles. The lowest BCUT2D eigenvalue weighted by atomic mass is 9.93. The SMILES string of the molecule is Cc1ccc(CC(CC(C)C)C(=O)O)o1. The van der Waals surface area contributed by atoms with Gasteiger partial charge in [0.2, 0.25) is 0 Å². The molecule has 1 atom stereocenters. The average molecular weight is 210 g/mol. The molecule has 0 amide bonds. The largest absolute Gasteiger partial charge is 0.481 e. The van der Waals surface area contributed by atoms with Gasteiger partial charge in [-0.2, -0.15) is 0 Å². The van der Waals surface area contributed by atoms with E-state index in [0.29, 0.717) is 18.8 Å². The molecular weight excluding hydrogens is 192 g/mol. The summed E-state index contributed by atoms with van der Waals surface area (Å²) in [6, 6.07) is 3.72. The zero-order valence-electron chi connectivity index (χ0n) is 9.49. The van der Waals surface area contributed by atoms with Gasteiger partial charge in [-0.15, -0.1) is 0 Å². The maximum Gasteiger partial charge on any atom is 0.306 e. The number of furan rings is 1. The third-order valence-electron chi connectivity index (χ3n) is 2.35. The maximum absolute atomic E-state index is 11.0. The molecule has 1 N–H and O–H groups in total. The monoisotopic (exact) mass is 210 g/mol. The van der Waals surface area contributed by atoms with Crippen LogP contribution in [-0.2, 0) is 11.2 Å². The summed E-state index contributed by atoms with van der Waals surface area (Å²) >= 11 is 0. The van der Waals surface area contributed by atoms with Gasteiger partial charge >= 0.3 is 5.97 Å². The van der Waals surface area contributed by atoms with E-state index in [0.717, 1.165) is 11.5 Å². The molecule has 1 aromatic heterocycles. The van der Waals surface area contributed by atoms with E-state index in [9.17, 15) is 4.79 Å². The second-order valence-corrected chi connectivity index (χ2v) is 4.38. The fraction of sp³-hybridized carbons (Fsp3) is 0.583. The number of hydrogen-bond acceptors (Lipinski definition) is 2. The van der Waals surface area contributed by atoms with Crippen molar-refractivity contribution in [3.8, 4) is 0 Å². The van der Waals surface area contributed by atoms with Gasteiger partial charge in [-0.05, 0) is 31.4 Å². The molecule has 0 saturated carbocycles. The van der Waals surface area contributed by atoms with Gasteiger partial charge in [0.15, 0.2) is 0 Å². The Morgan fingerprint density at radius 3 is 2.53 bits per heavy atom. The van der Waals surface area contributed by atoms with Gasteiger partial charge in [0.25, 0.3) is 0 Å². The van der Waals surface area contributed by atoms with Crippen LogP contribution in [0.25, 0.3) is 0 Å². The summed E-state index contributed by atoms with van der Waals surface area (Å²) in [5.74, 6) is 0.912. The Kier molecular flexibility index (Phi) is 3.95. The molecule has 1 unspecified atom stereocenters. The highest BCUT2D eigenvalue weighted by Crippen LogP contribution is 2.19. The van der Waals surface area contributed by atoms with Crippen LogP contribution in [0.1, 0.15) is 31.8 Å². The average Bonchev–Trinajstić information content (AvgIpc) is 2.49. The molecule has 1 heterocycles. The molecule has 15 heavy (non-hydrogen) atoms. The molecule has 0 aliphatic rings. The van der Waals surface area contributed by atoms with Gasteiger partial charge in [0.1, 0.15) is 11.5 Å². The van der Waals surface area contributed by atoms with Gasteiger partial charge in [0.05, 0.1) is 5.92 Å². The smallest absolute Gasteiger partial charge is 0.306 e. The molecule has 0 fully saturated rings. The summed E-state index contributed by atoms with van der Waals surface area (Å²) in [5, 5.41) is 9.05. The lowest BCUT2D eigenvalue weighted by molar-refractivity contribution is -0.142. The topological polar surface area (TPSA) is 50.4 Å². The summed E-state index contributed by atoms with van der Waals surface area (Å²) in [4.78, 5) is 11.0. The minimum absolute atomic E-state index is 0.337. The van der Waals surface area contributed by atoms with Crippen LogP contribution in [0.15, 0.2) is 16.5 Å². The second kappa shape index (κ2) is 5.01. The Hall–Kier alpha value is -1.25. The fourth-order valence-corrected chi connectivity index (χ4v) is 1.68. The van der Waals surface area contributed by atoms with Crippen molar-refractivity contribution >= 4 is 5.97 Å². The summed E-state index contributed by atoms with van der Waals surface area (Å²) in [7, 11) is 0.